The van der Waals surface area contributed by atoms with Gasteiger partial charge in [0.05, 0.1) is 43.8 Å². The van der Waals surface area contributed by atoms with Gasteiger partial charge in [-0.1, -0.05) is 0 Å². The molecule has 0 amide bonds. The fourth-order valence-corrected chi connectivity index (χ4v) is 4.18. The first-order valence-electron chi connectivity index (χ1n) is 11.7. The molecule has 2 aliphatic heterocycles. The second kappa shape index (κ2) is 11.3. The smallest absolute Gasteiger partial charge is 0.381 e. The van der Waals surface area contributed by atoms with Gasteiger partial charge in [0.15, 0.2) is 0 Å². The molecule has 2 aromatic rings. The van der Waals surface area contributed by atoms with Gasteiger partial charge in [-0.05, 0) is 37.6 Å². The summed E-state index contributed by atoms with van der Waals surface area (Å²) in [5, 5.41) is 10.6. The molecule has 4 heterocycles. The molecule has 2 aromatic heterocycles. The Bertz CT molecular complexity index is 914. The van der Waals surface area contributed by atoms with Crippen LogP contribution < -0.4 is 5.73 Å². The molecule has 4 rings (SSSR count). The number of nitrogen functional groups attached to an aromatic ring is 1. The van der Waals surface area contributed by atoms with Gasteiger partial charge in [-0.15, -0.1) is 0 Å². The molecule has 12 nitrogen and oxygen atoms in total. The predicted octanol–water partition coefficient (Wildman–Crippen LogP) is 1.39. The van der Waals surface area contributed by atoms with Crippen molar-refractivity contribution in [2.45, 2.75) is 38.8 Å². The summed E-state index contributed by atoms with van der Waals surface area (Å²) in [5.74, 6) is 0.472. The van der Waals surface area contributed by atoms with Gasteiger partial charge >= 0.3 is 5.82 Å². The van der Waals surface area contributed by atoms with Crippen LogP contribution in [0.1, 0.15) is 27.7 Å². The summed E-state index contributed by atoms with van der Waals surface area (Å²) >= 11 is 0. The molecule has 190 valence electrons. The van der Waals surface area contributed by atoms with Crippen LogP contribution in [0.5, 0.6) is 0 Å². The molecular weight excluding hydrogens is 440 g/mol. The molecule has 0 radical (unpaired) electrons. The second-order valence-electron chi connectivity index (χ2n) is 10.0. The van der Waals surface area contributed by atoms with Crippen LogP contribution in [-0.2, 0) is 20.6 Å². The minimum Gasteiger partial charge on any atom is -0.382 e. The van der Waals surface area contributed by atoms with E-state index in [4.69, 9.17) is 15.2 Å². The van der Waals surface area contributed by atoms with E-state index in [9.17, 15) is 10.1 Å². The Morgan fingerprint density at radius 3 is 1.71 bits per heavy atom. The quantitative estimate of drug-likeness (QED) is 0.463. The Balaban J connectivity index is 0.000000192. The van der Waals surface area contributed by atoms with Crippen LogP contribution in [0.4, 0.5) is 11.6 Å². The lowest BCUT2D eigenvalue weighted by atomic mass is 10.0. The van der Waals surface area contributed by atoms with E-state index < -0.39 is 4.92 Å². The van der Waals surface area contributed by atoms with E-state index in [0.29, 0.717) is 5.82 Å². The Labute approximate surface area is 200 Å². The van der Waals surface area contributed by atoms with Gasteiger partial charge in [-0.2, -0.15) is 0 Å². The lowest BCUT2D eigenvalue weighted by Crippen LogP contribution is -2.45. The summed E-state index contributed by atoms with van der Waals surface area (Å²) < 4.78 is 14.5. The summed E-state index contributed by atoms with van der Waals surface area (Å²) in [5.41, 5.74) is 5.44. The maximum Gasteiger partial charge on any atom is 0.381 e. The third-order valence-corrected chi connectivity index (χ3v) is 6.19. The van der Waals surface area contributed by atoms with Crippen molar-refractivity contribution < 1.29 is 14.4 Å². The van der Waals surface area contributed by atoms with Gasteiger partial charge in [0, 0.05) is 45.5 Å². The molecule has 0 aliphatic carbocycles. The molecule has 2 saturated heterocycles. The zero-order chi connectivity index (χ0) is 24.8. The normalized spacial score (nSPS) is 18.4. The third kappa shape index (κ3) is 7.23. The molecule has 0 unspecified atom stereocenters. The van der Waals surface area contributed by atoms with E-state index in [0.717, 1.165) is 65.7 Å². The van der Waals surface area contributed by atoms with Gasteiger partial charge in [0.25, 0.3) is 0 Å². The molecule has 2 aliphatic rings. The Morgan fingerprint density at radius 2 is 1.32 bits per heavy atom. The number of imidazole rings is 2. The van der Waals surface area contributed by atoms with Crippen LogP contribution in [0.2, 0.25) is 0 Å². The SMILES string of the molecule is CC(C)(CN1CCOCC1)n1cnc(N)c1.CC(C)(CN1CCOCC1)n1cnc([N+](=O)[O-])c1. The number of nitrogens with zero attached hydrogens (tertiary/aromatic N) is 7. The fraction of sp³-hybridized carbons (Fsp3) is 0.727. The van der Waals surface area contributed by atoms with Crippen LogP contribution in [0.15, 0.2) is 25.0 Å². The van der Waals surface area contributed by atoms with Crippen LogP contribution in [0.3, 0.4) is 0 Å². The molecule has 0 aromatic carbocycles. The standard InChI is InChI=1S/C11H18N4O3.C11H20N4O/c1-11(2,8-13-3-5-18-6-4-13)14-7-10(12-9-14)15(16)17;1-11(2,15-7-10(12)13-9-15)8-14-3-5-16-6-4-14/h7,9H,3-6,8H2,1-2H3;7,9H,3-6,8,12H2,1-2H3. The third-order valence-electron chi connectivity index (χ3n) is 6.19. The molecule has 0 spiro atoms. The topological polar surface area (TPSA) is 130 Å². The van der Waals surface area contributed by atoms with Crippen LogP contribution in [0, 0.1) is 10.1 Å². The summed E-state index contributed by atoms with van der Waals surface area (Å²) in [4.78, 5) is 22.7. The summed E-state index contributed by atoms with van der Waals surface area (Å²) in [6, 6.07) is 0. The number of anilines is 1. The van der Waals surface area contributed by atoms with Gasteiger partial charge in [0.1, 0.15) is 12.0 Å². The van der Waals surface area contributed by atoms with E-state index in [1.165, 1.54) is 12.5 Å². The van der Waals surface area contributed by atoms with E-state index in [-0.39, 0.29) is 16.9 Å². The highest BCUT2D eigenvalue weighted by Crippen LogP contribution is 2.20. The van der Waals surface area contributed by atoms with Crippen molar-refractivity contribution >= 4 is 11.6 Å². The summed E-state index contributed by atoms with van der Waals surface area (Å²) in [7, 11) is 0. The van der Waals surface area contributed by atoms with Crippen molar-refractivity contribution in [3.8, 4) is 0 Å². The lowest BCUT2D eigenvalue weighted by Gasteiger charge is -2.35. The van der Waals surface area contributed by atoms with Gasteiger partial charge in [-0.3, -0.25) is 9.80 Å². The molecule has 2 N–H and O–H groups in total. The number of hydrogen-bond acceptors (Lipinski definition) is 9. The van der Waals surface area contributed by atoms with Gasteiger partial charge in [0.2, 0.25) is 6.33 Å². The number of ether oxygens (including phenoxy) is 2. The minimum absolute atomic E-state index is 0.0158. The zero-order valence-corrected chi connectivity index (χ0v) is 20.7. The van der Waals surface area contributed by atoms with Crippen molar-refractivity contribution in [3.63, 3.8) is 0 Å². The van der Waals surface area contributed by atoms with E-state index in [1.54, 1.807) is 10.9 Å². The average Bonchev–Trinajstić information content (AvgIpc) is 3.46. The highest BCUT2D eigenvalue weighted by Gasteiger charge is 2.27. The highest BCUT2D eigenvalue weighted by molar-refractivity contribution is 5.23. The first-order chi connectivity index (χ1) is 16.1. The van der Waals surface area contributed by atoms with Crippen LogP contribution in [-0.4, -0.2) is 99.5 Å². The monoisotopic (exact) mass is 478 g/mol. The van der Waals surface area contributed by atoms with Gasteiger partial charge < -0.3 is 34.5 Å². The molecule has 0 atom stereocenters. The summed E-state index contributed by atoms with van der Waals surface area (Å²) in [6.07, 6.45) is 6.70. The first-order valence-corrected chi connectivity index (χ1v) is 11.7. The lowest BCUT2D eigenvalue weighted by molar-refractivity contribution is -0.389. The largest absolute Gasteiger partial charge is 0.382 e. The first kappa shape index (κ1) is 26.1. The number of hydrogen-bond donors (Lipinski definition) is 1. The number of nitrogens with two attached hydrogens (primary N) is 1. The molecular formula is C22H38N8O4. The van der Waals surface area contributed by atoms with Gasteiger partial charge in [-0.25, -0.2) is 4.98 Å². The number of morpholine rings is 2. The fourth-order valence-electron chi connectivity index (χ4n) is 4.18. The van der Waals surface area contributed by atoms with Crippen molar-refractivity contribution in [2.75, 3.05) is 71.4 Å². The van der Waals surface area contributed by atoms with Crippen molar-refractivity contribution in [1.82, 2.24) is 28.9 Å². The molecule has 2 fully saturated rings. The minimum atomic E-state index is -0.471. The van der Waals surface area contributed by atoms with Crippen molar-refractivity contribution in [3.05, 3.63) is 35.2 Å². The van der Waals surface area contributed by atoms with Crippen LogP contribution >= 0.6 is 0 Å². The predicted molar refractivity (Wildman–Crippen MR) is 129 cm³/mol. The molecule has 0 saturated carbocycles. The Hall–Kier alpha value is -2.54. The van der Waals surface area contributed by atoms with E-state index in [2.05, 4.69) is 38.2 Å². The molecule has 0 bridgehead atoms. The zero-order valence-electron chi connectivity index (χ0n) is 20.7. The molecule has 12 heteroatoms. The highest BCUT2D eigenvalue weighted by atomic mass is 16.6. The average molecular weight is 479 g/mol. The maximum atomic E-state index is 10.6. The second-order valence-corrected chi connectivity index (χ2v) is 10.0. The van der Waals surface area contributed by atoms with Crippen molar-refractivity contribution in [2.24, 2.45) is 0 Å². The summed E-state index contributed by atoms with van der Waals surface area (Å²) in [6.45, 7) is 17.3. The maximum absolute atomic E-state index is 10.6. The van der Waals surface area contributed by atoms with Crippen LogP contribution in [0.25, 0.3) is 0 Å². The van der Waals surface area contributed by atoms with Crippen molar-refractivity contribution in [1.29, 1.82) is 0 Å². The number of rotatable bonds is 7. The number of aromatic nitrogens is 4. The number of nitro groups is 1. The van der Waals surface area contributed by atoms with E-state index >= 15 is 0 Å². The Morgan fingerprint density at radius 1 is 0.882 bits per heavy atom. The molecule has 34 heavy (non-hydrogen) atoms. The van der Waals surface area contributed by atoms with E-state index in [1.807, 2.05) is 20.0 Å². The Kier molecular flexibility index (Phi) is 8.63.